The van der Waals surface area contributed by atoms with Gasteiger partial charge in [0.15, 0.2) is 0 Å². The summed E-state index contributed by atoms with van der Waals surface area (Å²) in [5, 5.41) is -0.0177. The highest BCUT2D eigenvalue weighted by Gasteiger charge is 2.39. The highest BCUT2D eigenvalue weighted by atomic mass is 19.4. The van der Waals surface area contributed by atoms with Crippen LogP contribution in [0.4, 0.5) is 13.2 Å². The van der Waals surface area contributed by atoms with E-state index in [9.17, 15) is 22.8 Å². The van der Waals surface area contributed by atoms with Crippen LogP contribution in [0, 0.1) is 0 Å². The van der Waals surface area contributed by atoms with E-state index in [0.29, 0.717) is 0 Å². The molecule has 0 atom stereocenters. The molecule has 0 amide bonds. The molecule has 2 aromatic carbocycles. The number of hydrogen-bond acceptors (Lipinski definition) is 5. The first-order valence-corrected chi connectivity index (χ1v) is 7.67. The Kier molecular flexibility index (Phi) is 4.65. The van der Waals surface area contributed by atoms with E-state index in [-0.39, 0.29) is 27.8 Å². The fourth-order valence-corrected chi connectivity index (χ4v) is 2.65. The molecule has 0 aliphatic carbocycles. The Balaban J connectivity index is 2.29. The van der Waals surface area contributed by atoms with Crippen LogP contribution in [-0.4, -0.2) is 20.2 Å². The standard InChI is InChI=1S/C19H13F3O5/c1-25-12-7-8-13-14(9-12)27-17(19(20,21)22)15(16(13)23)10-3-5-11(6-4-10)18(24)26-2/h3-9H,1-2H3. The number of carbonyl (C=O) groups excluding carboxylic acids is 1. The Morgan fingerprint density at radius 1 is 1.04 bits per heavy atom. The first-order chi connectivity index (χ1) is 12.8. The van der Waals surface area contributed by atoms with Gasteiger partial charge in [-0.15, -0.1) is 0 Å². The number of benzene rings is 2. The molecule has 0 saturated carbocycles. The molecular weight excluding hydrogens is 365 g/mol. The molecule has 0 fully saturated rings. The van der Waals surface area contributed by atoms with Crippen LogP contribution in [0.5, 0.6) is 5.75 Å². The van der Waals surface area contributed by atoms with Gasteiger partial charge in [0.25, 0.3) is 0 Å². The first kappa shape index (κ1) is 18.5. The molecule has 0 unspecified atom stereocenters. The number of carbonyl (C=O) groups is 1. The van der Waals surface area contributed by atoms with E-state index < -0.39 is 28.9 Å². The Morgan fingerprint density at radius 2 is 1.70 bits per heavy atom. The number of halogens is 3. The topological polar surface area (TPSA) is 65.7 Å². The summed E-state index contributed by atoms with van der Waals surface area (Å²) in [6.07, 6.45) is -4.90. The molecule has 0 bridgehead atoms. The van der Waals surface area contributed by atoms with Crippen molar-refractivity contribution in [2.75, 3.05) is 14.2 Å². The largest absolute Gasteiger partial charge is 0.497 e. The Morgan fingerprint density at radius 3 is 2.26 bits per heavy atom. The maximum absolute atomic E-state index is 13.5. The van der Waals surface area contributed by atoms with E-state index in [2.05, 4.69) is 4.74 Å². The van der Waals surface area contributed by atoms with Crippen molar-refractivity contribution in [2.24, 2.45) is 0 Å². The van der Waals surface area contributed by atoms with E-state index in [1.54, 1.807) is 0 Å². The monoisotopic (exact) mass is 378 g/mol. The van der Waals surface area contributed by atoms with Crippen LogP contribution in [-0.2, 0) is 10.9 Å². The first-order valence-electron chi connectivity index (χ1n) is 7.67. The molecule has 0 aliphatic rings. The number of fused-ring (bicyclic) bond motifs is 1. The van der Waals surface area contributed by atoms with Crippen molar-refractivity contribution in [3.8, 4) is 16.9 Å². The number of hydrogen-bond donors (Lipinski definition) is 0. The molecule has 0 spiro atoms. The van der Waals surface area contributed by atoms with Gasteiger partial charge in [0, 0.05) is 6.07 Å². The summed E-state index contributed by atoms with van der Waals surface area (Å²) >= 11 is 0. The van der Waals surface area contributed by atoms with E-state index in [4.69, 9.17) is 9.15 Å². The highest BCUT2D eigenvalue weighted by molar-refractivity contribution is 5.90. The molecule has 3 rings (SSSR count). The fourth-order valence-electron chi connectivity index (χ4n) is 2.65. The maximum Gasteiger partial charge on any atom is 0.450 e. The molecule has 0 N–H and O–H groups in total. The van der Waals surface area contributed by atoms with Gasteiger partial charge in [-0.25, -0.2) is 4.79 Å². The number of rotatable bonds is 3. The van der Waals surface area contributed by atoms with E-state index in [1.807, 2.05) is 0 Å². The van der Waals surface area contributed by atoms with Crippen LogP contribution < -0.4 is 10.2 Å². The third kappa shape index (κ3) is 3.38. The summed E-state index contributed by atoms with van der Waals surface area (Å²) in [5.74, 6) is -1.80. The van der Waals surface area contributed by atoms with Gasteiger partial charge < -0.3 is 13.9 Å². The smallest absolute Gasteiger partial charge is 0.450 e. The Labute approximate surface area is 150 Å². The zero-order chi connectivity index (χ0) is 19.8. The molecule has 3 aromatic rings. The molecule has 140 valence electrons. The summed E-state index contributed by atoms with van der Waals surface area (Å²) in [6, 6.07) is 9.05. The van der Waals surface area contributed by atoms with Gasteiger partial charge in [-0.2, -0.15) is 13.2 Å². The average Bonchev–Trinajstić information content (AvgIpc) is 2.66. The van der Waals surface area contributed by atoms with Gasteiger partial charge >= 0.3 is 12.1 Å². The van der Waals surface area contributed by atoms with Crippen LogP contribution >= 0.6 is 0 Å². The van der Waals surface area contributed by atoms with Gasteiger partial charge in [0.05, 0.1) is 30.7 Å². The van der Waals surface area contributed by atoms with Crippen molar-refractivity contribution in [3.63, 3.8) is 0 Å². The van der Waals surface area contributed by atoms with Crippen molar-refractivity contribution in [1.82, 2.24) is 0 Å². The molecule has 0 saturated heterocycles. The van der Waals surface area contributed by atoms with Crippen LogP contribution in [0.1, 0.15) is 16.1 Å². The summed E-state index contributed by atoms with van der Waals surface area (Å²) < 4.78 is 55.2. The van der Waals surface area contributed by atoms with E-state index in [0.717, 1.165) is 0 Å². The predicted octanol–water partition coefficient (Wildman–Crippen LogP) is 4.27. The van der Waals surface area contributed by atoms with Crippen molar-refractivity contribution in [2.45, 2.75) is 6.18 Å². The quantitative estimate of drug-likeness (QED) is 0.637. The molecule has 27 heavy (non-hydrogen) atoms. The van der Waals surface area contributed by atoms with Crippen LogP contribution in [0.25, 0.3) is 22.1 Å². The van der Waals surface area contributed by atoms with Crippen molar-refractivity contribution < 1.29 is 31.9 Å². The summed E-state index contributed by atoms with van der Waals surface area (Å²) in [5.41, 5.74) is -1.58. The minimum Gasteiger partial charge on any atom is -0.497 e. The second kappa shape index (κ2) is 6.79. The normalized spacial score (nSPS) is 11.4. The lowest BCUT2D eigenvalue weighted by molar-refractivity contribution is -0.152. The molecule has 8 heteroatoms. The lowest BCUT2D eigenvalue weighted by atomic mass is 10.0. The molecule has 0 aliphatic heterocycles. The van der Waals surface area contributed by atoms with E-state index >= 15 is 0 Å². The van der Waals surface area contributed by atoms with Crippen molar-refractivity contribution in [3.05, 3.63) is 64.0 Å². The molecule has 1 aromatic heterocycles. The molecular formula is C19H13F3O5. The van der Waals surface area contributed by atoms with E-state index in [1.165, 1.54) is 56.7 Å². The van der Waals surface area contributed by atoms with Gasteiger partial charge in [-0.3, -0.25) is 4.79 Å². The number of esters is 1. The lowest BCUT2D eigenvalue weighted by Gasteiger charge is -2.13. The van der Waals surface area contributed by atoms with Crippen molar-refractivity contribution >= 4 is 16.9 Å². The molecule has 1 heterocycles. The van der Waals surface area contributed by atoms with Crippen LogP contribution in [0.2, 0.25) is 0 Å². The SMILES string of the molecule is COC(=O)c1ccc(-c2c(C(F)(F)F)oc3cc(OC)ccc3c2=O)cc1. The third-order valence-corrected chi connectivity index (χ3v) is 3.95. The highest BCUT2D eigenvalue weighted by Crippen LogP contribution is 2.37. The lowest BCUT2D eigenvalue weighted by Crippen LogP contribution is -2.16. The second-order valence-corrected chi connectivity index (χ2v) is 5.56. The van der Waals surface area contributed by atoms with Crippen molar-refractivity contribution in [1.29, 1.82) is 0 Å². The fraction of sp³-hybridized carbons (Fsp3) is 0.158. The number of alkyl halides is 3. The van der Waals surface area contributed by atoms with Gasteiger partial charge in [0.2, 0.25) is 11.2 Å². The summed E-state index contributed by atoms with van der Waals surface area (Å²) in [4.78, 5) is 24.3. The number of ether oxygens (including phenoxy) is 2. The molecule has 5 nitrogen and oxygen atoms in total. The Bertz CT molecular complexity index is 1070. The van der Waals surface area contributed by atoms with Gasteiger partial charge in [-0.05, 0) is 29.8 Å². The van der Waals surface area contributed by atoms with Crippen LogP contribution in [0.15, 0.2) is 51.7 Å². The number of methoxy groups -OCH3 is 2. The summed E-state index contributed by atoms with van der Waals surface area (Å²) in [6.45, 7) is 0. The Hall–Kier alpha value is -3.29. The average molecular weight is 378 g/mol. The second-order valence-electron chi connectivity index (χ2n) is 5.56. The van der Waals surface area contributed by atoms with Crippen LogP contribution in [0.3, 0.4) is 0 Å². The zero-order valence-electron chi connectivity index (χ0n) is 14.2. The zero-order valence-corrected chi connectivity index (χ0v) is 14.2. The summed E-state index contributed by atoms with van der Waals surface area (Å²) in [7, 11) is 2.53. The van der Waals surface area contributed by atoms with Gasteiger partial charge in [0.1, 0.15) is 11.3 Å². The minimum absolute atomic E-state index is 0.0177. The predicted molar refractivity (Wildman–Crippen MR) is 90.8 cm³/mol. The minimum atomic E-state index is -4.90. The maximum atomic E-state index is 13.5. The third-order valence-electron chi connectivity index (χ3n) is 3.95. The molecule has 0 radical (unpaired) electrons. The van der Waals surface area contributed by atoms with Gasteiger partial charge in [-0.1, -0.05) is 12.1 Å².